The van der Waals surface area contributed by atoms with Crippen LogP contribution in [0.5, 0.6) is 0 Å². The molecule has 2 saturated heterocycles. The molecule has 5 N–H and O–H groups in total. The quantitative estimate of drug-likeness (QED) is 0.389. The van der Waals surface area contributed by atoms with E-state index >= 15 is 0 Å². The van der Waals surface area contributed by atoms with E-state index in [4.69, 9.17) is 11.1 Å². The molecule has 10 heteroatoms. The fourth-order valence-corrected chi connectivity index (χ4v) is 4.07. The number of hydrogen-bond donors (Lipinski definition) is 4. The molecule has 1 aromatic rings. The highest BCUT2D eigenvalue weighted by atomic mass is 19.1. The zero-order valence-corrected chi connectivity index (χ0v) is 17.4. The van der Waals surface area contributed by atoms with E-state index in [1.165, 1.54) is 29.2 Å². The first-order valence-corrected chi connectivity index (χ1v) is 10.3. The third kappa shape index (κ3) is 4.70. The Morgan fingerprint density at radius 1 is 1.26 bits per heavy atom. The van der Waals surface area contributed by atoms with Crippen molar-refractivity contribution in [2.75, 3.05) is 19.6 Å². The van der Waals surface area contributed by atoms with Gasteiger partial charge in [-0.2, -0.15) is 0 Å². The highest BCUT2D eigenvalue weighted by molar-refractivity contribution is 6.21. The summed E-state index contributed by atoms with van der Waals surface area (Å²) in [7, 11) is 0. The van der Waals surface area contributed by atoms with Crippen LogP contribution >= 0.6 is 0 Å². The molecule has 0 aromatic heterocycles. The van der Waals surface area contributed by atoms with Gasteiger partial charge in [0, 0.05) is 13.1 Å². The molecule has 0 spiro atoms. The lowest BCUT2D eigenvalue weighted by Crippen LogP contribution is -2.59. The number of likely N-dealkylation sites (N-methyl/N-ethyl adjacent to an activating group) is 1. The van der Waals surface area contributed by atoms with Crippen LogP contribution in [-0.4, -0.2) is 74.6 Å². The number of piperidine rings is 1. The number of amides is 2. The number of amidine groups is 1. The number of aliphatic hydroxyl groups is 2. The number of nitrogens with two attached hydrogens (primary N) is 1. The summed E-state index contributed by atoms with van der Waals surface area (Å²) in [5, 5.41) is 30.0. The molecule has 2 amide bonds. The predicted octanol–water partition coefficient (Wildman–Crippen LogP) is 0.895. The number of nitrogens with one attached hydrogen (secondary N) is 1. The molecule has 0 saturated carbocycles. The van der Waals surface area contributed by atoms with Crippen molar-refractivity contribution in [1.82, 2.24) is 14.7 Å². The Morgan fingerprint density at radius 2 is 1.94 bits per heavy atom. The number of halogens is 1. The Bertz CT molecular complexity index is 888. The summed E-state index contributed by atoms with van der Waals surface area (Å²) >= 11 is 0. The van der Waals surface area contributed by atoms with E-state index in [0.717, 1.165) is 17.7 Å². The molecular weight excluding hydrogens is 405 g/mol. The van der Waals surface area contributed by atoms with Crippen molar-refractivity contribution in [3.8, 4) is 0 Å². The number of likely N-dealkylation sites (tertiary alicyclic amines) is 1. The maximum atomic E-state index is 13.2. The van der Waals surface area contributed by atoms with Crippen molar-refractivity contribution in [3.05, 3.63) is 47.0 Å². The van der Waals surface area contributed by atoms with Gasteiger partial charge in [-0.05, 0) is 44.0 Å². The molecule has 168 valence electrons. The van der Waals surface area contributed by atoms with Gasteiger partial charge in [-0.1, -0.05) is 18.6 Å². The Morgan fingerprint density at radius 3 is 2.55 bits per heavy atom. The summed E-state index contributed by atoms with van der Waals surface area (Å²) in [6.45, 7) is 2.29. The number of carbonyl (C=O) groups excluding carboxylic acids is 2. The van der Waals surface area contributed by atoms with Crippen LogP contribution in [0.25, 0.3) is 0 Å². The average Bonchev–Trinajstić information content (AvgIpc) is 2.73. The third-order valence-corrected chi connectivity index (χ3v) is 5.75. The molecule has 0 bridgehead atoms. The Kier molecular flexibility index (Phi) is 6.91. The van der Waals surface area contributed by atoms with Crippen molar-refractivity contribution in [3.63, 3.8) is 0 Å². The number of benzene rings is 1. The summed E-state index contributed by atoms with van der Waals surface area (Å²) in [5.41, 5.74) is 5.87. The van der Waals surface area contributed by atoms with E-state index in [9.17, 15) is 24.2 Å². The van der Waals surface area contributed by atoms with E-state index < -0.39 is 30.0 Å². The summed E-state index contributed by atoms with van der Waals surface area (Å²) in [5.74, 6) is -2.26. The summed E-state index contributed by atoms with van der Waals surface area (Å²) in [4.78, 5) is 28.8. The van der Waals surface area contributed by atoms with E-state index in [1.807, 2.05) is 0 Å². The molecule has 2 aliphatic rings. The van der Waals surface area contributed by atoms with Crippen LogP contribution in [0.2, 0.25) is 0 Å². The lowest BCUT2D eigenvalue weighted by molar-refractivity contribution is -0.151. The SMILES string of the molecule is CCN1C(=O)C(=C(O)CN2CCCC[C@@H]2C(N)=O)C(=N)N(Cc2ccc(F)cc2)C1O. The van der Waals surface area contributed by atoms with Crippen LogP contribution in [0, 0.1) is 11.2 Å². The molecule has 0 radical (unpaired) electrons. The van der Waals surface area contributed by atoms with Crippen molar-refractivity contribution in [2.24, 2.45) is 5.73 Å². The van der Waals surface area contributed by atoms with Crippen molar-refractivity contribution in [2.45, 2.75) is 45.1 Å². The zero-order chi connectivity index (χ0) is 22.7. The molecule has 31 heavy (non-hydrogen) atoms. The van der Waals surface area contributed by atoms with Crippen LogP contribution in [0.1, 0.15) is 31.7 Å². The van der Waals surface area contributed by atoms with E-state index in [-0.39, 0.29) is 36.8 Å². The van der Waals surface area contributed by atoms with Gasteiger partial charge in [0.25, 0.3) is 5.91 Å². The molecule has 0 aliphatic carbocycles. The highest BCUT2D eigenvalue weighted by Gasteiger charge is 2.41. The van der Waals surface area contributed by atoms with Gasteiger partial charge in [-0.15, -0.1) is 0 Å². The molecule has 2 fully saturated rings. The number of aliphatic hydroxyl groups excluding tert-OH is 2. The predicted molar refractivity (Wildman–Crippen MR) is 111 cm³/mol. The molecule has 1 unspecified atom stereocenters. The standard InChI is InChI=1S/C21H28FN5O4/c1-2-26-20(30)17(16(28)12-25-10-4-3-5-15(25)19(24)29)18(23)27(21(26)31)11-13-6-8-14(22)9-7-13/h6-9,15,21,23,28,31H,2-5,10-12H2,1H3,(H2,24,29)/t15-,21?/m1/s1. The number of primary amides is 1. The topological polar surface area (TPSA) is 134 Å². The second-order valence-corrected chi connectivity index (χ2v) is 7.75. The first-order chi connectivity index (χ1) is 14.7. The largest absolute Gasteiger partial charge is 0.510 e. The zero-order valence-electron chi connectivity index (χ0n) is 17.4. The molecule has 9 nitrogen and oxygen atoms in total. The van der Waals surface area contributed by atoms with Crippen molar-refractivity contribution < 1.29 is 24.2 Å². The average molecular weight is 433 g/mol. The Labute approximate surface area is 180 Å². The van der Waals surface area contributed by atoms with Gasteiger partial charge >= 0.3 is 0 Å². The van der Waals surface area contributed by atoms with Crippen LogP contribution in [0.15, 0.2) is 35.6 Å². The lowest BCUT2D eigenvalue weighted by atomic mass is 10.0. The maximum Gasteiger partial charge on any atom is 0.264 e. The van der Waals surface area contributed by atoms with Crippen LogP contribution < -0.4 is 5.73 Å². The lowest BCUT2D eigenvalue weighted by Gasteiger charge is -2.42. The molecular formula is C21H28FN5O4. The minimum Gasteiger partial charge on any atom is -0.510 e. The number of hydrogen-bond acceptors (Lipinski definition) is 6. The Hall–Kier alpha value is -2.98. The van der Waals surface area contributed by atoms with E-state index in [2.05, 4.69) is 0 Å². The van der Waals surface area contributed by atoms with Crippen LogP contribution in [-0.2, 0) is 16.1 Å². The van der Waals surface area contributed by atoms with Gasteiger partial charge in [0.05, 0.1) is 12.6 Å². The summed E-state index contributed by atoms with van der Waals surface area (Å²) < 4.78 is 13.2. The van der Waals surface area contributed by atoms with Crippen molar-refractivity contribution in [1.29, 1.82) is 5.41 Å². The fraction of sp³-hybridized carbons (Fsp3) is 0.476. The molecule has 3 rings (SSSR count). The first-order valence-electron chi connectivity index (χ1n) is 10.3. The van der Waals surface area contributed by atoms with Crippen LogP contribution in [0.3, 0.4) is 0 Å². The highest BCUT2D eigenvalue weighted by Crippen LogP contribution is 2.26. The number of rotatable bonds is 6. The molecule has 2 aliphatic heterocycles. The minimum atomic E-state index is -1.40. The third-order valence-electron chi connectivity index (χ3n) is 5.75. The summed E-state index contributed by atoms with van der Waals surface area (Å²) in [6, 6.07) is 5.04. The Balaban J connectivity index is 1.91. The number of carbonyl (C=O) groups is 2. The van der Waals surface area contributed by atoms with Crippen molar-refractivity contribution >= 4 is 17.6 Å². The monoisotopic (exact) mass is 433 g/mol. The van der Waals surface area contributed by atoms with E-state index in [0.29, 0.717) is 18.5 Å². The van der Waals surface area contributed by atoms with Gasteiger partial charge in [-0.3, -0.25) is 24.8 Å². The molecule has 1 aromatic carbocycles. The fourth-order valence-electron chi connectivity index (χ4n) is 4.07. The van der Waals surface area contributed by atoms with Crippen LogP contribution in [0.4, 0.5) is 4.39 Å². The summed E-state index contributed by atoms with van der Waals surface area (Å²) in [6.07, 6.45) is 0.839. The second-order valence-electron chi connectivity index (χ2n) is 7.75. The molecule has 2 atom stereocenters. The van der Waals surface area contributed by atoms with Gasteiger partial charge in [0.2, 0.25) is 12.3 Å². The first kappa shape index (κ1) is 22.7. The van der Waals surface area contributed by atoms with Gasteiger partial charge < -0.3 is 20.8 Å². The van der Waals surface area contributed by atoms with E-state index in [1.54, 1.807) is 11.8 Å². The van der Waals surface area contributed by atoms with Gasteiger partial charge in [0.15, 0.2) is 0 Å². The maximum absolute atomic E-state index is 13.2. The second kappa shape index (κ2) is 9.44. The van der Waals surface area contributed by atoms with Gasteiger partial charge in [-0.25, -0.2) is 4.39 Å². The van der Waals surface area contributed by atoms with Gasteiger partial charge in [0.1, 0.15) is 23.0 Å². The number of nitrogens with zero attached hydrogens (tertiary/aromatic N) is 3. The normalized spacial score (nSPS) is 24.5. The molecule has 2 heterocycles. The smallest absolute Gasteiger partial charge is 0.264 e. The minimum absolute atomic E-state index is 0.0362.